The largest absolute Gasteiger partial charge is 0.292 e. The summed E-state index contributed by atoms with van der Waals surface area (Å²) in [5.41, 5.74) is 8.16. The summed E-state index contributed by atoms with van der Waals surface area (Å²) in [4.78, 5) is 14.8. The Balaban J connectivity index is 1.33. The minimum absolute atomic E-state index is 0.897. The molecule has 0 N–H and O–H groups in total. The Bertz CT molecular complexity index is 2400. The Labute approximate surface area is 241 Å². The molecule has 0 aliphatic carbocycles. The van der Waals surface area contributed by atoms with E-state index < -0.39 is 0 Å². The molecule has 42 heavy (non-hydrogen) atoms. The topological polar surface area (TPSA) is 48.5 Å². The molecule has 0 radical (unpaired) electrons. The molecule has 0 aliphatic rings. The summed E-state index contributed by atoms with van der Waals surface area (Å²) >= 11 is 0. The molecule has 0 amide bonds. The standard InChI is InChI=1S/C37H23N5/c1-2-10-25(11-3-1)42-35-30-15-7-5-13-28(30)27-12-4-6-14-29(27)34(35)40-36(42)24-18-20-26(21-19-24)41-32-17-9-22-38-33(32)31-16-8-23-39-37(31)41/h1-23H. The number of para-hydroxylation sites is 1. The zero-order valence-electron chi connectivity index (χ0n) is 22.5. The molecule has 9 aromatic rings. The fourth-order valence-electron chi connectivity index (χ4n) is 6.41. The van der Waals surface area contributed by atoms with Crippen molar-refractivity contribution in [1.82, 2.24) is 24.1 Å². The van der Waals surface area contributed by atoms with Crippen LogP contribution in [-0.4, -0.2) is 24.1 Å². The van der Waals surface area contributed by atoms with Crippen molar-refractivity contribution in [1.29, 1.82) is 0 Å². The Morgan fingerprint density at radius 3 is 1.86 bits per heavy atom. The van der Waals surface area contributed by atoms with Crippen LogP contribution in [0.1, 0.15) is 0 Å². The predicted octanol–water partition coefficient (Wildman–Crippen LogP) is 8.89. The van der Waals surface area contributed by atoms with Gasteiger partial charge in [-0.2, -0.15) is 0 Å². The van der Waals surface area contributed by atoms with Gasteiger partial charge >= 0.3 is 0 Å². The summed E-state index contributed by atoms with van der Waals surface area (Å²) in [6.45, 7) is 0. The maximum atomic E-state index is 5.36. The molecular weight excluding hydrogens is 514 g/mol. The molecule has 196 valence electrons. The second-order valence-corrected chi connectivity index (χ2v) is 10.5. The summed E-state index contributed by atoms with van der Waals surface area (Å²) in [5.74, 6) is 0.909. The third-order valence-corrected chi connectivity index (χ3v) is 8.21. The van der Waals surface area contributed by atoms with E-state index in [2.05, 4.69) is 129 Å². The maximum Gasteiger partial charge on any atom is 0.147 e. The molecule has 4 heterocycles. The highest BCUT2D eigenvalue weighted by atomic mass is 15.1. The molecule has 5 nitrogen and oxygen atoms in total. The van der Waals surface area contributed by atoms with Crippen LogP contribution in [0.2, 0.25) is 0 Å². The molecule has 5 aromatic carbocycles. The Morgan fingerprint density at radius 2 is 1.05 bits per heavy atom. The lowest BCUT2D eigenvalue weighted by Gasteiger charge is -2.13. The van der Waals surface area contributed by atoms with E-state index in [-0.39, 0.29) is 0 Å². The molecule has 0 saturated heterocycles. The smallest absolute Gasteiger partial charge is 0.147 e. The van der Waals surface area contributed by atoms with Crippen molar-refractivity contribution in [2.45, 2.75) is 0 Å². The van der Waals surface area contributed by atoms with E-state index in [9.17, 15) is 0 Å². The fraction of sp³-hybridized carbons (Fsp3) is 0. The first kappa shape index (κ1) is 22.9. The van der Waals surface area contributed by atoms with Gasteiger partial charge in [0, 0.05) is 45.5 Å². The summed E-state index contributed by atoms with van der Waals surface area (Å²) in [6, 6.07) is 44.5. The number of nitrogens with zero attached hydrogens (tertiary/aromatic N) is 5. The first-order valence-electron chi connectivity index (χ1n) is 14.0. The molecule has 0 aliphatic heterocycles. The molecule has 0 bridgehead atoms. The van der Waals surface area contributed by atoms with Crippen LogP contribution in [-0.2, 0) is 0 Å². The van der Waals surface area contributed by atoms with Gasteiger partial charge in [-0.3, -0.25) is 14.1 Å². The average Bonchev–Trinajstić information content (AvgIpc) is 3.63. The molecule has 9 rings (SSSR count). The van der Waals surface area contributed by atoms with E-state index in [1.54, 1.807) is 0 Å². The second kappa shape index (κ2) is 8.85. The van der Waals surface area contributed by atoms with Crippen molar-refractivity contribution in [3.63, 3.8) is 0 Å². The van der Waals surface area contributed by atoms with Gasteiger partial charge in [-0.1, -0.05) is 66.7 Å². The Kier molecular flexibility index (Phi) is 4.83. The predicted molar refractivity (Wildman–Crippen MR) is 171 cm³/mol. The first-order chi connectivity index (χ1) is 20.9. The zero-order chi connectivity index (χ0) is 27.6. The van der Waals surface area contributed by atoms with Gasteiger partial charge in [0.25, 0.3) is 0 Å². The van der Waals surface area contributed by atoms with E-state index in [4.69, 9.17) is 9.97 Å². The van der Waals surface area contributed by atoms with Crippen molar-refractivity contribution >= 4 is 54.6 Å². The lowest BCUT2D eigenvalue weighted by Crippen LogP contribution is -1.99. The van der Waals surface area contributed by atoms with E-state index in [1.807, 2.05) is 24.5 Å². The van der Waals surface area contributed by atoms with Crippen LogP contribution in [0.3, 0.4) is 0 Å². The van der Waals surface area contributed by atoms with E-state index in [0.29, 0.717) is 0 Å². The number of hydrogen-bond acceptors (Lipinski definition) is 3. The molecule has 4 aromatic heterocycles. The highest BCUT2D eigenvalue weighted by Crippen LogP contribution is 2.39. The monoisotopic (exact) mass is 537 g/mol. The molecular formula is C37H23N5. The fourth-order valence-corrected chi connectivity index (χ4v) is 6.41. The Morgan fingerprint density at radius 1 is 0.429 bits per heavy atom. The quantitative estimate of drug-likeness (QED) is 0.212. The molecule has 0 fully saturated rings. The third kappa shape index (κ3) is 3.22. The SMILES string of the molecule is c1ccc(-n2c(-c3ccc(-n4c5cccnc5c5cccnc54)cc3)nc3c4ccccc4c4ccccc4c32)cc1. The van der Waals surface area contributed by atoms with Gasteiger partial charge < -0.3 is 0 Å². The second-order valence-electron chi connectivity index (χ2n) is 10.5. The van der Waals surface area contributed by atoms with Crippen LogP contribution < -0.4 is 0 Å². The van der Waals surface area contributed by atoms with Crippen LogP contribution in [0.15, 0.2) is 140 Å². The number of pyridine rings is 2. The summed E-state index contributed by atoms with van der Waals surface area (Å²) < 4.78 is 4.49. The Hall–Kier alpha value is -5.81. The van der Waals surface area contributed by atoms with Gasteiger partial charge in [-0.15, -0.1) is 0 Å². The molecule has 0 spiro atoms. The average molecular weight is 538 g/mol. The van der Waals surface area contributed by atoms with Crippen molar-refractivity contribution in [3.05, 3.63) is 140 Å². The number of imidazole rings is 1. The number of hydrogen-bond donors (Lipinski definition) is 0. The molecule has 0 saturated carbocycles. The number of benzene rings is 5. The zero-order valence-corrected chi connectivity index (χ0v) is 22.5. The van der Waals surface area contributed by atoms with Crippen molar-refractivity contribution in [2.24, 2.45) is 0 Å². The van der Waals surface area contributed by atoms with Crippen molar-refractivity contribution < 1.29 is 0 Å². The summed E-state index contributed by atoms with van der Waals surface area (Å²) in [6.07, 6.45) is 3.67. The van der Waals surface area contributed by atoms with Crippen molar-refractivity contribution in [2.75, 3.05) is 0 Å². The molecule has 5 heteroatoms. The number of fused-ring (bicyclic) bond motifs is 9. The van der Waals surface area contributed by atoms with Gasteiger partial charge in [-0.25, -0.2) is 9.97 Å². The first-order valence-corrected chi connectivity index (χ1v) is 14.0. The molecule has 0 unspecified atom stereocenters. The minimum atomic E-state index is 0.897. The van der Waals surface area contributed by atoms with Crippen LogP contribution in [0.4, 0.5) is 0 Å². The number of aromatic nitrogens is 5. The van der Waals surface area contributed by atoms with Gasteiger partial charge in [0.2, 0.25) is 0 Å². The lowest BCUT2D eigenvalue weighted by atomic mass is 10.00. The highest BCUT2D eigenvalue weighted by molar-refractivity contribution is 6.24. The van der Waals surface area contributed by atoms with E-state index in [1.165, 1.54) is 16.2 Å². The minimum Gasteiger partial charge on any atom is -0.292 e. The van der Waals surface area contributed by atoms with Crippen LogP contribution in [0.5, 0.6) is 0 Å². The van der Waals surface area contributed by atoms with E-state index >= 15 is 0 Å². The van der Waals surface area contributed by atoms with Crippen LogP contribution in [0, 0.1) is 0 Å². The normalized spacial score (nSPS) is 11.8. The van der Waals surface area contributed by atoms with Gasteiger partial charge in [0.05, 0.1) is 22.1 Å². The van der Waals surface area contributed by atoms with Gasteiger partial charge in [0.1, 0.15) is 11.5 Å². The van der Waals surface area contributed by atoms with Gasteiger partial charge in [-0.05, 0) is 71.4 Å². The van der Waals surface area contributed by atoms with Gasteiger partial charge in [0.15, 0.2) is 0 Å². The summed E-state index contributed by atoms with van der Waals surface area (Å²) in [5, 5.41) is 5.83. The maximum absolute atomic E-state index is 5.36. The number of rotatable bonds is 3. The highest BCUT2D eigenvalue weighted by Gasteiger charge is 2.20. The third-order valence-electron chi connectivity index (χ3n) is 8.21. The van der Waals surface area contributed by atoms with Crippen molar-refractivity contribution in [3.8, 4) is 22.8 Å². The van der Waals surface area contributed by atoms with E-state index in [0.717, 1.165) is 61.2 Å². The van der Waals surface area contributed by atoms with Crippen LogP contribution >= 0.6 is 0 Å². The molecule has 0 atom stereocenters. The lowest BCUT2D eigenvalue weighted by molar-refractivity contribution is 1.10. The summed E-state index contributed by atoms with van der Waals surface area (Å²) in [7, 11) is 0. The van der Waals surface area contributed by atoms with Crippen LogP contribution in [0.25, 0.3) is 77.4 Å².